The fourth-order valence-electron chi connectivity index (χ4n) is 5.51. The van der Waals surface area contributed by atoms with E-state index in [0.717, 1.165) is 23.7 Å². The van der Waals surface area contributed by atoms with Gasteiger partial charge in [0.2, 0.25) is 0 Å². The topological polar surface area (TPSA) is 23.8 Å². The van der Waals surface area contributed by atoms with Crippen molar-refractivity contribution in [3.8, 4) is 6.07 Å². The van der Waals surface area contributed by atoms with Crippen molar-refractivity contribution in [1.82, 2.24) is 0 Å². The van der Waals surface area contributed by atoms with Crippen molar-refractivity contribution >= 4 is 5.57 Å². The summed E-state index contributed by atoms with van der Waals surface area (Å²) in [6, 6.07) is 12.9. The van der Waals surface area contributed by atoms with E-state index in [0.29, 0.717) is 5.92 Å². The van der Waals surface area contributed by atoms with Crippen LogP contribution in [0.4, 0.5) is 0 Å². The van der Waals surface area contributed by atoms with Gasteiger partial charge in [0, 0.05) is 6.08 Å². The van der Waals surface area contributed by atoms with Gasteiger partial charge >= 0.3 is 0 Å². The Hall–Kier alpha value is -1.55. The first-order valence-electron chi connectivity index (χ1n) is 8.00. The summed E-state index contributed by atoms with van der Waals surface area (Å²) in [5.41, 5.74) is 2.59. The van der Waals surface area contributed by atoms with Crippen LogP contribution in [0.15, 0.2) is 36.4 Å². The lowest BCUT2D eigenvalue weighted by molar-refractivity contribution is -0.0120. The molecule has 4 aliphatic carbocycles. The van der Waals surface area contributed by atoms with Crippen molar-refractivity contribution in [3.63, 3.8) is 0 Å². The number of hydrogen-bond acceptors (Lipinski definition) is 1. The molecule has 102 valence electrons. The number of allylic oxidation sites excluding steroid dienone is 2. The van der Waals surface area contributed by atoms with Gasteiger partial charge in [-0.1, -0.05) is 30.3 Å². The van der Waals surface area contributed by atoms with Crippen LogP contribution < -0.4 is 0 Å². The fraction of sp³-hybridized carbons (Fsp3) is 0.526. The fourth-order valence-corrected chi connectivity index (χ4v) is 5.51. The second-order valence-corrected chi connectivity index (χ2v) is 7.05. The SMILES string of the molecule is N#C/C=C(/c1ccccc1)C1C2CC3CC(C2)CC1C3. The molecule has 20 heavy (non-hydrogen) atoms. The van der Waals surface area contributed by atoms with E-state index in [1.165, 1.54) is 43.2 Å². The maximum absolute atomic E-state index is 9.23. The summed E-state index contributed by atoms with van der Waals surface area (Å²) in [6.45, 7) is 0. The molecule has 0 saturated heterocycles. The van der Waals surface area contributed by atoms with Gasteiger partial charge in [-0.15, -0.1) is 0 Å². The van der Waals surface area contributed by atoms with Crippen LogP contribution in [0, 0.1) is 40.9 Å². The summed E-state index contributed by atoms with van der Waals surface area (Å²) < 4.78 is 0. The van der Waals surface area contributed by atoms with Gasteiger partial charge in [0.25, 0.3) is 0 Å². The van der Waals surface area contributed by atoms with Crippen LogP contribution in [0.3, 0.4) is 0 Å². The molecule has 1 nitrogen and oxygen atoms in total. The predicted molar refractivity (Wildman–Crippen MR) is 80.6 cm³/mol. The minimum atomic E-state index is 0.643. The molecule has 0 aromatic heterocycles. The molecule has 0 spiro atoms. The molecule has 5 rings (SSSR count). The Morgan fingerprint density at radius 3 is 2.10 bits per heavy atom. The Bertz CT molecular complexity index is 535. The zero-order valence-corrected chi connectivity index (χ0v) is 11.8. The van der Waals surface area contributed by atoms with Crippen molar-refractivity contribution in [1.29, 1.82) is 5.26 Å². The third-order valence-electron chi connectivity index (χ3n) is 5.91. The molecular weight excluding hydrogens is 242 g/mol. The Morgan fingerprint density at radius 2 is 1.55 bits per heavy atom. The van der Waals surface area contributed by atoms with Gasteiger partial charge in [-0.2, -0.15) is 5.26 Å². The molecule has 4 aliphatic rings. The lowest BCUT2D eigenvalue weighted by atomic mass is 9.50. The monoisotopic (exact) mass is 263 g/mol. The van der Waals surface area contributed by atoms with Crippen LogP contribution in [0.25, 0.3) is 5.57 Å². The van der Waals surface area contributed by atoms with E-state index in [9.17, 15) is 5.26 Å². The average molecular weight is 263 g/mol. The highest BCUT2D eigenvalue weighted by Crippen LogP contribution is 2.59. The molecule has 0 N–H and O–H groups in total. The second-order valence-electron chi connectivity index (χ2n) is 7.05. The van der Waals surface area contributed by atoms with E-state index in [1.54, 1.807) is 0 Å². The van der Waals surface area contributed by atoms with Gasteiger partial charge in [-0.05, 0) is 72.8 Å². The van der Waals surface area contributed by atoms with Gasteiger partial charge < -0.3 is 0 Å². The molecule has 1 aromatic rings. The predicted octanol–water partition coefficient (Wildman–Crippen LogP) is 4.67. The van der Waals surface area contributed by atoms with Crippen LogP contribution in [0.2, 0.25) is 0 Å². The quantitative estimate of drug-likeness (QED) is 0.711. The highest BCUT2D eigenvalue weighted by molar-refractivity contribution is 5.70. The maximum atomic E-state index is 9.23. The molecule has 4 saturated carbocycles. The van der Waals surface area contributed by atoms with E-state index in [4.69, 9.17) is 0 Å². The normalized spacial score (nSPS) is 38.8. The molecule has 1 heteroatoms. The minimum absolute atomic E-state index is 0.643. The Morgan fingerprint density at radius 1 is 0.950 bits per heavy atom. The van der Waals surface area contributed by atoms with Crippen molar-refractivity contribution < 1.29 is 0 Å². The zero-order valence-electron chi connectivity index (χ0n) is 11.8. The number of hydrogen-bond donors (Lipinski definition) is 0. The summed E-state index contributed by atoms with van der Waals surface area (Å²) in [4.78, 5) is 0. The number of nitrogens with zero attached hydrogens (tertiary/aromatic N) is 1. The zero-order chi connectivity index (χ0) is 13.5. The number of nitriles is 1. The first-order chi connectivity index (χ1) is 9.85. The van der Waals surface area contributed by atoms with Crippen molar-refractivity contribution in [2.45, 2.75) is 32.1 Å². The summed E-state index contributed by atoms with van der Waals surface area (Å²) in [7, 11) is 0. The minimum Gasteiger partial charge on any atom is -0.193 e. The number of rotatable bonds is 2. The van der Waals surface area contributed by atoms with Crippen molar-refractivity contribution in [3.05, 3.63) is 42.0 Å². The summed E-state index contributed by atoms with van der Waals surface area (Å²) in [5, 5.41) is 9.23. The number of benzene rings is 1. The summed E-state index contributed by atoms with van der Waals surface area (Å²) >= 11 is 0. The van der Waals surface area contributed by atoms with Gasteiger partial charge in [0.1, 0.15) is 0 Å². The molecule has 0 heterocycles. The van der Waals surface area contributed by atoms with Gasteiger partial charge in [0.05, 0.1) is 6.07 Å². The smallest absolute Gasteiger partial charge is 0.0915 e. The first-order valence-corrected chi connectivity index (χ1v) is 8.00. The van der Waals surface area contributed by atoms with E-state index in [2.05, 4.69) is 36.4 Å². The first kappa shape index (κ1) is 12.2. The summed E-state index contributed by atoms with van der Waals surface area (Å²) in [6.07, 6.45) is 8.96. The maximum Gasteiger partial charge on any atom is 0.0915 e. The van der Waals surface area contributed by atoms with Crippen LogP contribution in [-0.2, 0) is 0 Å². The molecule has 0 aliphatic heterocycles. The van der Waals surface area contributed by atoms with Crippen LogP contribution in [0.5, 0.6) is 0 Å². The van der Waals surface area contributed by atoms with Gasteiger partial charge in [0.15, 0.2) is 0 Å². The average Bonchev–Trinajstić information content (AvgIpc) is 2.46. The Balaban J connectivity index is 1.71. The molecule has 1 aromatic carbocycles. The van der Waals surface area contributed by atoms with Crippen molar-refractivity contribution in [2.75, 3.05) is 0 Å². The molecule has 0 amide bonds. The largest absolute Gasteiger partial charge is 0.193 e. The van der Waals surface area contributed by atoms with Crippen LogP contribution in [-0.4, -0.2) is 0 Å². The van der Waals surface area contributed by atoms with Gasteiger partial charge in [-0.25, -0.2) is 0 Å². The third-order valence-corrected chi connectivity index (χ3v) is 5.91. The van der Waals surface area contributed by atoms with Crippen LogP contribution >= 0.6 is 0 Å². The lowest BCUT2D eigenvalue weighted by Crippen LogP contribution is -2.45. The Labute approximate surface area is 121 Å². The molecule has 4 bridgehead atoms. The van der Waals surface area contributed by atoms with E-state index < -0.39 is 0 Å². The van der Waals surface area contributed by atoms with Crippen molar-refractivity contribution in [2.24, 2.45) is 29.6 Å². The standard InChI is InChI=1S/C19H21N/c20-7-6-18(15-4-2-1-3-5-15)19-16-9-13-8-14(11-16)12-17(19)10-13/h1-6,13-14,16-17,19H,8-12H2/b18-6-. The van der Waals surface area contributed by atoms with E-state index in [-0.39, 0.29) is 0 Å². The highest BCUT2D eigenvalue weighted by atomic mass is 14.5. The van der Waals surface area contributed by atoms with Gasteiger partial charge in [-0.3, -0.25) is 0 Å². The lowest BCUT2D eigenvalue weighted by Gasteiger charge is -2.55. The second kappa shape index (κ2) is 4.77. The Kier molecular flexibility index (Phi) is 2.91. The molecule has 0 atom stereocenters. The van der Waals surface area contributed by atoms with E-state index in [1.807, 2.05) is 6.08 Å². The molecule has 0 radical (unpaired) electrons. The summed E-state index contributed by atoms with van der Waals surface area (Å²) in [5.74, 6) is 4.31. The molecule has 0 unspecified atom stereocenters. The molecule has 4 fully saturated rings. The third kappa shape index (κ3) is 1.90. The highest BCUT2D eigenvalue weighted by Gasteiger charge is 2.49. The van der Waals surface area contributed by atoms with Crippen LogP contribution in [0.1, 0.15) is 37.7 Å². The van der Waals surface area contributed by atoms with E-state index >= 15 is 0 Å². The molecular formula is C19H21N.